The third-order valence-electron chi connectivity index (χ3n) is 4.26. The van der Waals surface area contributed by atoms with E-state index < -0.39 is 0 Å². The van der Waals surface area contributed by atoms with Crippen LogP contribution in [-0.2, 0) is 9.59 Å². The molecule has 3 rings (SSSR count). The first-order valence-electron chi connectivity index (χ1n) is 8.02. The lowest BCUT2D eigenvalue weighted by Crippen LogP contribution is -2.52. The lowest BCUT2D eigenvalue weighted by atomic mass is 10.0. The molecule has 9 heteroatoms. The highest BCUT2D eigenvalue weighted by atomic mass is 35.5. The Morgan fingerprint density at radius 2 is 1.83 bits per heavy atom. The zero-order valence-electron chi connectivity index (χ0n) is 13.5. The number of hydrogen-bond acceptors (Lipinski definition) is 6. The number of carbonyl (C=O) groups excluding carboxylic acids is 2. The fraction of sp³-hybridized carbons (Fsp3) is 0.600. The minimum absolute atomic E-state index is 0. The van der Waals surface area contributed by atoms with Crippen molar-refractivity contribution < 1.29 is 9.59 Å². The van der Waals surface area contributed by atoms with E-state index in [1.54, 1.807) is 18.5 Å². The molecule has 1 aromatic rings. The molecule has 0 spiro atoms. The number of nitrogens with one attached hydrogen (secondary N) is 2. The van der Waals surface area contributed by atoms with Gasteiger partial charge in [-0.1, -0.05) is 0 Å². The molecule has 2 fully saturated rings. The first-order chi connectivity index (χ1) is 11.2. The molecule has 24 heavy (non-hydrogen) atoms. The predicted octanol–water partition coefficient (Wildman–Crippen LogP) is -0.727. The van der Waals surface area contributed by atoms with Gasteiger partial charge in [0, 0.05) is 64.6 Å². The number of nitrogens with zero attached hydrogens (tertiary/aromatic N) is 4. The van der Waals surface area contributed by atoms with E-state index in [0.717, 1.165) is 26.2 Å². The summed E-state index contributed by atoms with van der Waals surface area (Å²) in [4.78, 5) is 36.3. The molecule has 2 aliphatic rings. The molecule has 2 N–H and O–H groups in total. The van der Waals surface area contributed by atoms with Gasteiger partial charge in [-0.2, -0.15) is 0 Å². The summed E-state index contributed by atoms with van der Waals surface area (Å²) in [5, 5.41) is 5.89. The molecular formula is C15H23ClN6O2. The molecule has 0 radical (unpaired) electrons. The first kappa shape index (κ1) is 18.4. The highest BCUT2D eigenvalue weighted by molar-refractivity contribution is 5.85. The molecular weight excluding hydrogens is 332 g/mol. The van der Waals surface area contributed by atoms with Crippen molar-refractivity contribution in [2.45, 2.75) is 6.42 Å². The summed E-state index contributed by atoms with van der Waals surface area (Å²) in [7, 11) is 0. The quantitative estimate of drug-likeness (QED) is 0.724. The van der Waals surface area contributed by atoms with E-state index in [1.165, 1.54) is 0 Å². The summed E-state index contributed by atoms with van der Waals surface area (Å²) in [5.74, 6) is 0.911. The van der Waals surface area contributed by atoms with Gasteiger partial charge in [-0.25, -0.2) is 9.97 Å². The maximum Gasteiger partial charge on any atom is 0.225 e. The number of hydrogen-bond donors (Lipinski definition) is 2. The van der Waals surface area contributed by atoms with Crippen molar-refractivity contribution >= 4 is 30.2 Å². The van der Waals surface area contributed by atoms with Crippen molar-refractivity contribution in [3.63, 3.8) is 0 Å². The molecule has 0 atom stereocenters. The third-order valence-corrected chi connectivity index (χ3v) is 4.26. The van der Waals surface area contributed by atoms with Gasteiger partial charge in [0.05, 0.1) is 5.92 Å². The Hall–Kier alpha value is -1.93. The Balaban J connectivity index is 0.00000208. The average Bonchev–Trinajstić information content (AvgIpc) is 2.54. The second kappa shape index (κ2) is 8.79. The Bertz CT molecular complexity index is 546. The number of amides is 2. The monoisotopic (exact) mass is 354 g/mol. The van der Waals surface area contributed by atoms with Crippen LogP contribution in [0.4, 0.5) is 5.95 Å². The van der Waals surface area contributed by atoms with Crippen LogP contribution in [0.25, 0.3) is 0 Å². The zero-order chi connectivity index (χ0) is 16.1. The van der Waals surface area contributed by atoms with Gasteiger partial charge in [0.1, 0.15) is 0 Å². The summed E-state index contributed by atoms with van der Waals surface area (Å²) in [6, 6.07) is 1.79. The Morgan fingerprint density at radius 3 is 2.42 bits per heavy atom. The standard InChI is InChI=1S/C15H22N6O2.ClH/c22-13(2-5-17-14(23)12-10-16-11-12)20-6-8-21(9-7-20)15-18-3-1-4-19-15;/h1,3-4,12,16H,2,5-11H2,(H,17,23);1H. The zero-order valence-corrected chi connectivity index (χ0v) is 14.3. The van der Waals surface area contributed by atoms with Crippen LogP contribution >= 0.6 is 12.4 Å². The average molecular weight is 355 g/mol. The van der Waals surface area contributed by atoms with E-state index in [1.807, 2.05) is 4.90 Å². The van der Waals surface area contributed by atoms with Crippen molar-refractivity contribution in [3.05, 3.63) is 18.5 Å². The fourth-order valence-electron chi connectivity index (χ4n) is 2.68. The number of halogens is 1. The second-order valence-electron chi connectivity index (χ2n) is 5.81. The maximum atomic E-state index is 12.2. The Morgan fingerprint density at radius 1 is 1.17 bits per heavy atom. The first-order valence-corrected chi connectivity index (χ1v) is 8.02. The number of rotatable bonds is 5. The van der Waals surface area contributed by atoms with Crippen LogP contribution in [0.2, 0.25) is 0 Å². The molecule has 0 unspecified atom stereocenters. The van der Waals surface area contributed by atoms with Gasteiger partial charge in [0.2, 0.25) is 17.8 Å². The molecule has 2 aliphatic heterocycles. The summed E-state index contributed by atoms with van der Waals surface area (Å²) < 4.78 is 0. The molecule has 0 aromatic carbocycles. The molecule has 2 saturated heterocycles. The predicted molar refractivity (Wildman–Crippen MR) is 92.1 cm³/mol. The van der Waals surface area contributed by atoms with Crippen LogP contribution in [0.3, 0.4) is 0 Å². The van der Waals surface area contributed by atoms with E-state index >= 15 is 0 Å². The van der Waals surface area contributed by atoms with Crippen molar-refractivity contribution in [3.8, 4) is 0 Å². The van der Waals surface area contributed by atoms with Gasteiger partial charge in [-0.15, -0.1) is 12.4 Å². The number of aromatic nitrogens is 2. The highest BCUT2D eigenvalue weighted by Crippen LogP contribution is 2.10. The molecule has 1 aromatic heterocycles. The highest BCUT2D eigenvalue weighted by Gasteiger charge is 2.25. The van der Waals surface area contributed by atoms with E-state index in [2.05, 4.69) is 25.5 Å². The van der Waals surface area contributed by atoms with Crippen molar-refractivity contribution in [2.75, 3.05) is 50.7 Å². The number of piperazine rings is 1. The van der Waals surface area contributed by atoms with Gasteiger partial charge in [0.15, 0.2) is 0 Å². The maximum absolute atomic E-state index is 12.2. The van der Waals surface area contributed by atoms with E-state index in [4.69, 9.17) is 0 Å². The van der Waals surface area contributed by atoms with Crippen LogP contribution in [-0.4, -0.2) is 72.5 Å². The molecule has 3 heterocycles. The molecule has 8 nitrogen and oxygen atoms in total. The van der Waals surface area contributed by atoms with Crippen LogP contribution in [0.1, 0.15) is 6.42 Å². The topological polar surface area (TPSA) is 90.5 Å². The van der Waals surface area contributed by atoms with Gasteiger partial charge in [0.25, 0.3) is 0 Å². The Labute approximate surface area is 147 Å². The molecule has 132 valence electrons. The molecule has 0 saturated carbocycles. The minimum atomic E-state index is 0. The van der Waals surface area contributed by atoms with Gasteiger partial charge in [-0.3, -0.25) is 9.59 Å². The lowest BCUT2D eigenvalue weighted by molar-refractivity contribution is -0.131. The van der Waals surface area contributed by atoms with Crippen LogP contribution in [0, 0.1) is 5.92 Å². The largest absolute Gasteiger partial charge is 0.355 e. The summed E-state index contributed by atoms with van der Waals surface area (Å²) >= 11 is 0. The third kappa shape index (κ3) is 4.55. The fourth-order valence-corrected chi connectivity index (χ4v) is 2.68. The van der Waals surface area contributed by atoms with Crippen molar-refractivity contribution in [2.24, 2.45) is 5.92 Å². The van der Waals surface area contributed by atoms with Gasteiger partial charge < -0.3 is 20.4 Å². The minimum Gasteiger partial charge on any atom is -0.355 e. The van der Waals surface area contributed by atoms with E-state index in [0.29, 0.717) is 32.0 Å². The van der Waals surface area contributed by atoms with Crippen LogP contribution in [0.5, 0.6) is 0 Å². The van der Waals surface area contributed by atoms with Gasteiger partial charge in [-0.05, 0) is 6.07 Å². The smallest absolute Gasteiger partial charge is 0.225 e. The number of anilines is 1. The second-order valence-corrected chi connectivity index (χ2v) is 5.81. The van der Waals surface area contributed by atoms with Crippen LogP contribution < -0.4 is 15.5 Å². The van der Waals surface area contributed by atoms with Crippen molar-refractivity contribution in [1.29, 1.82) is 0 Å². The summed E-state index contributed by atoms with van der Waals surface area (Å²) in [6.07, 6.45) is 3.80. The summed E-state index contributed by atoms with van der Waals surface area (Å²) in [6.45, 7) is 4.68. The number of carbonyl (C=O) groups is 2. The molecule has 0 bridgehead atoms. The molecule has 2 amide bonds. The molecule has 0 aliphatic carbocycles. The van der Waals surface area contributed by atoms with E-state index in [-0.39, 0.29) is 30.1 Å². The van der Waals surface area contributed by atoms with Crippen molar-refractivity contribution in [1.82, 2.24) is 25.5 Å². The normalized spacial score (nSPS) is 17.7. The SMILES string of the molecule is Cl.O=C(NCCC(=O)N1CCN(c2ncccn2)CC1)C1CNC1. The van der Waals surface area contributed by atoms with Crippen LogP contribution in [0.15, 0.2) is 18.5 Å². The Kier molecular flexibility index (Phi) is 6.74. The lowest BCUT2D eigenvalue weighted by Gasteiger charge is -2.34. The summed E-state index contributed by atoms with van der Waals surface area (Å²) in [5.41, 5.74) is 0. The van der Waals surface area contributed by atoms with E-state index in [9.17, 15) is 9.59 Å². The van der Waals surface area contributed by atoms with Gasteiger partial charge >= 0.3 is 0 Å².